The van der Waals surface area contributed by atoms with Crippen LogP contribution in [0.2, 0.25) is 0 Å². The van der Waals surface area contributed by atoms with Gasteiger partial charge in [0.25, 0.3) is 0 Å². The number of amides is 3. The molecule has 1 unspecified atom stereocenters. The van der Waals surface area contributed by atoms with Crippen molar-refractivity contribution in [3.8, 4) is 0 Å². The first-order valence-electron chi connectivity index (χ1n) is 10.00. The first-order valence-corrected chi connectivity index (χ1v) is 10.00. The number of nitrogens with one attached hydrogen (secondary N) is 1. The zero-order valence-corrected chi connectivity index (χ0v) is 16.6. The molecule has 4 heterocycles. The molecule has 3 amide bonds. The predicted molar refractivity (Wildman–Crippen MR) is 102 cm³/mol. The third kappa shape index (κ3) is 2.94. The Labute approximate surface area is 171 Å². The Hall–Kier alpha value is -2.98. The van der Waals surface area contributed by atoms with E-state index in [2.05, 4.69) is 15.4 Å². The number of allylic oxidation sites excluding steroid dienone is 1. The van der Waals surface area contributed by atoms with Gasteiger partial charge in [0, 0.05) is 18.2 Å². The molecule has 0 radical (unpaired) electrons. The molecule has 4 aliphatic rings. The average Bonchev–Trinajstić information content (AvgIpc) is 3.27. The fourth-order valence-corrected chi connectivity index (χ4v) is 4.41. The lowest BCUT2D eigenvalue weighted by Gasteiger charge is -2.35. The molecule has 160 valence electrons. The van der Waals surface area contributed by atoms with E-state index in [0.717, 1.165) is 24.6 Å². The van der Waals surface area contributed by atoms with Crippen LogP contribution in [0, 0.1) is 0 Å². The fourth-order valence-electron chi connectivity index (χ4n) is 4.41. The summed E-state index contributed by atoms with van der Waals surface area (Å²) in [6.07, 6.45) is 2.03. The van der Waals surface area contributed by atoms with Crippen LogP contribution in [0.5, 0.6) is 0 Å². The van der Waals surface area contributed by atoms with Crippen LogP contribution in [0.3, 0.4) is 0 Å². The maximum Gasteiger partial charge on any atom is 0.415 e. The smallest absolute Gasteiger partial charge is 0.415 e. The van der Waals surface area contributed by atoms with Crippen molar-refractivity contribution in [3.05, 3.63) is 23.7 Å². The number of carbonyl (C=O) groups excluding carboxylic acids is 2. The van der Waals surface area contributed by atoms with Gasteiger partial charge in [-0.1, -0.05) is 0 Å². The van der Waals surface area contributed by atoms with E-state index in [1.165, 1.54) is 0 Å². The Morgan fingerprint density at radius 3 is 2.80 bits per heavy atom. The van der Waals surface area contributed by atoms with Gasteiger partial charge in [0.2, 0.25) is 5.97 Å². The summed E-state index contributed by atoms with van der Waals surface area (Å²) in [7, 11) is 0. The van der Waals surface area contributed by atoms with E-state index in [9.17, 15) is 18.4 Å². The molecule has 3 aliphatic heterocycles. The Morgan fingerprint density at radius 1 is 1.37 bits per heavy atom. The maximum absolute atomic E-state index is 13.5. The van der Waals surface area contributed by atoms with Gasteiger partial charge < -0.3 is 15.0 Å². The van der Waals surface area contributed by atoms with E-state index in [1.54, 1.807) is 20.7 Å². The number of anilines is 1. The number of dihydropyridines is 1. The standard InChI is InChI=1S/C19H22F2N6O3/c1-10-8-26-14(9-25(10)17(28)23-12-5-15(20)24-16(21)6-12)13(7-22-26)27-11(2)19(3-4-19)30-18(27)29/h5,7,10-11,16H,3-4,6,8-9H2,1-2H3,(H,23,28)/t10-,11-,16?/m0/s1. The summed E-state index contributed by atoms with van der Waals surface area (Å²) in [5.41, 5.74) is 1.07. The number of hydrogen-bond acceptors (Lipinski definition) is 5. The van der Waals surface area contributed by atoms with E-state index in [1.807, 2.05) is 13.8 Å². The molecule has 1 N–H and O–H groups in total. The predicted octanol–water partition coefficient (Wildman–Crippen LogP) is 2.63. The van der Waals surface area contributed by atoms with E-state index >= 15 is 0 Å². The number of aromatic nitrogens is 2. The van der Waals surface area contributed by atoms with Crippen LogP contribution in [0.25, 0.3) is 0 Å². The summed E-state index contributed by atoms with van der Waals surface area (Å²) < 4.78 is 34.2. The molecule has 3 atom stereocenters. The van der Waals surface area contributed by atoms with E-state index < -0.39 is 30.0 Å². The third-order valence-electron chi connectivity index (χ3n) is 6.33. The molecule has 9 nitrogen and oxygen atoms in total. The van der Waals surface area contributed by atoms with Crippen LogP contribution in [-0.2, 0) is 17.8 Å². The Balaban J connectivity index is 1.37. The molecule has 1 aromatic rings. The van der Waals surface area contributed by atoms with Crippen molar-refractivity contribution in [2.75, 3.05) is 4.90 Å². The van der Waals surface area contributed by atoms with Gasteiger partial charge in [-0.3, -0.25) is 9.58 Å². The van der Waals surface area contributed by atoms with Gasteiger partial charge in [0.15, 0.2) is 6.30 Å². The zero-order chi connectivity index (χ0) is 21.2. The normalized spacial score (nSPS) is 29.3. The maximum atomic E-state index is 13.5. The molecule has 1 aliphatic carbocycles. The van der Waals surface area contributed by atoms with Gasteiger partial charge in [-0.25, -0.2) is 19.0 Å². The number of ether oxygens (including phenoxy) is 1. The molecule has 1 spiro atoms. The minimum atomic E-state index is -1.71. The van der Waals surface area contributed by atoms with Crippen LogP contribution < -0.4 is 10.2 Å². The highest BCUT2D eigenvalue weighted by atomic mass is 19.1. The second-order valence-corrected chi connectivity index (χ2v) is 8.30. The zero-order valence-electron chi connectivity index (χ0n) is 16.6. The van der Waals surface area contributed by atoms with Crippen molar-refractivity contribution in [2.24, 2.45) is 4.99 Å². The van der Waals surface area contributed by atoms with Gasteiger partial charge in [-0.2, -0.15) is 9.49 Å². The summed E-state index contributed by atoms with van der Waals surface area (Å²) in [6, 6.07) is -0.784. The summed E-state index contributed by atoms with van der Waals surface area (Å²) in [5.74, 6) is -0.952. The number of alkyl halides is 1. The molecule has 5 rings (SSSR count). The Morgan fingerprint density at radius 2 is 2.13 bits per heavy atom. The molecule has 1 aromatic heterocycles. The van der Waals surface area contributed by atoms with Crippen LogP contribution in [0.15, 0.2) is 23.0 Å². The van der Waals surface area contributed by atoms with Crippen molar-refractivity contribution in [3.63, 3.8) is 0 Å². The highest BCUT2D eigenvalue weighted by Crippen LogP contribution is 2.50. The number of halogens is 2. The minimum Gasteiger partial charge on any atom is -0.440 e. The summed E-state index contributed by atoms with van der Waals surface area (Å²) in [4.78, 5) is 31.7. The number of nitrogens with zero attached hydrogens (tertiary/aromatic N) is 5. The second kappa shape index (κ2) is 6.51. The lowest BCUT2D eigenvalue weighted by molar-refractivity contribution is 0.119. The van der Waals surface area contributed by atoms with Gasteiger partial charge >= 0.3 is 12.1 Å². The number of aliphatic imine (C=N–C) groups is 1. The molecule has 0 aromatic carbocycles. The van der Waals surface area contributed by atoms with E-state index in [0.29, 0.717) is 12.2 Å². The number of hydrogen-bond donors (Lipinski definition) is 1. The third-order valence-corrected chi connectivity index (χ3v) is 6.33. The quantitative estimate of drug-likeness (QED) is 0.745. The first-order chi connectivity index (χ1) is 14.3. The molecule has 30 heavy (non-hydrogen) atoms. The van der Waals surface area contributed by atoms with E-state index in [4.69, 9.17) is 4.74 Å². The molecule has 0 bridgehead atoms. The van der Waals surface area contributed by atoms with Crippen molar-refractivity contribution in [2.45, 2.75) is 70.2 Å². The van der Waals surface area contributed by atoms with Crippen molar-refractivity contribution in [1.82, 2.24) is 20.0 Å². The van der Waals surface area contributed by atoms with Crippen molar-refractivity contribution < 1.29 is 23.1 Å². The summed E-state index contributed by atoms with van der Waals surface area (Å²) >= 11 is 0. The average molecular weight is 420 g/mol. The van der Waals surface area contributed by atoms with Crippen LogP contribution >= 0.6 is 0 Å². The number of rotatable bonds is 2. The highest BCUT2D eigenvalue weighted by molar-refractivity contribution is 5.92. The van der Waals surface area contributed by atoms with Gasteiger partial charge in [-0.05, 0) is 26.7 Å². The van der Waals surface area contributed by atoms with Crippen LogP contribution in [0.1, 0.15) is 38.8 Å². The second-order valence-electron chi connectivity index (χ2n) is 8.30. The fraction of sp³-hybridized carbons (Fsp3) is 0.579. The Kier molecular flexibility index (Phi) is 4.13. The first kappa shape index (κ1) is 19.0. The highest BCUT2D eigenvalue weighted by Gasteiger charge is 2.61. The van der Waals surface area contributed by atoms with Crippen molar-refractivity contribution >= 4 is 23.8 Å². The Bertz CT molecular complexity index is 985. The van der Waals surface area contributed by atoms with Gasteiger partial charge in [0.05, 0.1) is 42.8 Å². The topological polar surface area (TPSA) is 92.1 Å². The molecular formula is C19H22F2N6O3. The number of fused-ring (bicyclic) bond motifs is 1. The van der Waals surface area contributed by atoms with Gasteiger partial charge in [0.1, 0.15) is 5.60 Å². The largest absolute Gasteiger partial charge is 0.440 e. The molecule has 1 saturated heterocycles. The molecular weight excluding hydrogens is 398 g/mol. The lowest BCUT2D eigenvalue weighted by atomic mass is 10.1. The monoisotopic (exact) mass is 420 g/mol. The summed E-state index contributed by atoms with van der Waals surface area (Å²) in [5, 5.41) is 6.99. The summed E-state index contributed by atoms with van der Waals surface area (Å²) in [6.45, 7) is 4.46. The van der Waals surface area contributed by atoms with Crippen LogP contribution in [0.4, 0.5) is 24.1 Å². The van der Waals surface area contributed by atoms with Gasteiger partial charge in [-0.15, -0.1) is 0 Å². The molecule has 2 fully saturated rings. The van der Waals surface area contributed by atoms with E-state index in [-0.39, 0.29) is 30.7 Å². The van der Waals surface area contributed by atoms with Crippen LogP contribution in [-0.4, -0.2) is 56.8 Å². The molecule has 11 heteroatoms. The lowest BCUT2D eigenvalue weighted by Crippen LogP contribution is -2.49. The number of carbonyl (C=O) groups is 2. The van der Waals surface area contributed by atoms with Crippen molar-refractivity contribution in [1.29, 1.82) is 0 Å². The SMILES string of the molecule is C[C@@H]1N(c2cnn3c2CN(C(=O)NC2=CC(F)=NC(F)C2)[C@@H](C)C3)C(=O)OC12CC2. The minimum absolute atomic E-state index is 0.114. The number of urea groups is 1. The molecule has 1 saturated carbocycles.